The zero-order valence-electron chi connectivity index (χ0n) is 12.0. The van der Waals surface area contributed by atoms with Gasteiger partial charge in [0.2, 0.25) is 0 Å². The molecule has 0 aromatic heterocycles. The molecule has 0 bridgehead atoms. The van der Waals surface area contributed by atoms with Crippen LogP contribution in [0.2, 0.25) is 0 Å². The van der Waals surface area contributed by atoms with Gasteiger partial charge in [-0.2, -0.15) is 0 Å². The van der Waals surface area contributed by atoms with Crippen LogP contribution in [0.15, 0.2) is 24.3 Å². The summed E-state index contributed by atoms with van der Waals surface area (Å²) in [7, 11) is 1.89. The first-order chi connectivity index (χ1) is 9.21. The van der Waals surface area contributed by atoms with Crippen LogP contribution in [0.4, 0.5) is 0 Å². The predicted octanol–water partition coefficient (Wildman–Crippen LogP) is 2.09. The summed E-state index contributed by atoms with van der Waals surface area (Å²) < 4.78 is 5.59. The summed E-state index contributed by atoms with van der Waals surface area (Å²) in [5, 5.41) is 6.04. The highest BCUT2D eigenvalue weighted by atomic mass is 16.5. The molecule has 19 heavy (non-hydrogen) atoms. The van der Waals surface area contributed by atoms with Crippen molar-refractivity contribution in [3.05, 3.63) is 29.8 Å². The number of hydrogen-bond donors (Lipinski definition) is 2. The third-order valence-corrected chi connectivity index (χ3v) is 3.05. The van der Waals surface area contributed by atoms with Gasteiger partial charge in [-0.3, -0.25) is 4.79 Å². The molecule has 0 fully saturated rings. The molecule has 0 aliphatic carbocycles. The number of rotatable bonds is 8. The maximum Gasteiger partial charge on any atom is 0.258 e. The molecule has 1 aromatic carbocycles. The van der Waals surface area contributed by atoms with Crippen LogP contribution in [0.5, 0.6) is 5.75 Å². The normalized spacial score (nSPS) is 10.5. The molecule has 1 aromatic rings. The van der Waals surface area contributed by atoms with Gasteiger partial charge in [0.15, 0.2) is 6.61 Å². The molecular weight excluding hydrogens is 240 g/mol. The van der Waals surface area contributed by atoms with Crippen LogP contribution in [0, 0.1) is 0 Å². The van der Waals surface area contributed by atoms with Gasteiger partial charge in [-0.1, -0.05) is 32.0 Å². The molecule has 106 valence electrons. The fourth-order valence-corrected chi connectivity index (χ4v) is 1.89. The molecule has 4 nitrogen and oxygen atoms in total. The number of carbonyl (C=O) groups is 1. The maximum absolute atomic E-state index is 11.8. The topological polar surface area (TPSA) is 50.4 Å². The van der Waals surface area contributed by atoms with E-state index in [1.54, 1.807) is 0 Å². The minimum absolute atomic E-state index is 0.0621. The smallest absolute Gasteiger partial charge is 0.258 e. The van der Waals surface area contributed by atoms with Crippen molar-refractivity contribution in [2.75, 3.05) is 13.7 Å². The quantitative estimate of drug-likeness (QED) is 0.756. The van der Waals surface area contributed by atoms with Crippen molar-refractivity contribution in [2.24, 2.45) is 0 Å². The van der Waals surface area contributed by atoms with Crippen molar-refractivity contribution in [1.29, 1.82) is 0 Å². The highest BCUT2D eigenvalue weighted by Crippen LogP contribution is 2.17. The minimum Gasteiger partial charge on any atom is -0.483 e. The summed E-state index contributed by atoms with van der Waals surface area (Å²) in [6, 6.07) is 7.99. The standard InChI is InChI=1S/C15H24N2O2/c1-4-13(5-2)17-15(18)11-19-14-9-7-6-8-12(14)10-16-3/h6-9,13,16H,4-5,10-11H2,1-3H3,(H,17,18). The molecule has 2 N–H and O–H groups in total. The molecular formula is C15H24N2O2. The lowest BCUT2D eigenvalue weighted by atomic mass is 10.2. The highest BCUT2D eigenvalue weighted by molar-refractivity contribution is 5.77. The van der Waals surface area contributed by atoms with Crippen LogP contribution in [-0.2, 0) is 11.3 Å². The summed E-state index contributed by atoms with van der Waals surface area (Å²) in [5.41, 5.74) is 1.06. The number of para-hydroxylation sites is 1. The van der Waals surface area contributed by atoms with E-state index >= 15 is 0 Å². The van der Waals surface area contributed by atoms with Gasteiger partial charge < -0.3 is 15.4 Å². The van der Waals surface area contributed by atoms with Crippen molar-refractivity contribution in [2.45, 2.75) is 39.3 Å². The summed E-state index contributed by atoms with van der Waals surface area (Å²) in [5.74, 6) is 0.699. The van der Waals surface area contributed by atoms with Crippen LogP contribution < -0.4 is 15.4 Å². The fourth-order valence-electron chi connectivity index (χ4n) is 1.89. The molecule has 0 aliphatic heterocycles. The van der Waals surface area contributed by atoms with Crippen LogP contribution in [0.25, 0.3) is 0 Å². The van der Waals surface area contributed by atoms with E-state index in [2.05, 4.69) is 24.5 Å². The Balaban J connectivity index is 2.50. The Morgan fingerprint density at radius 3 is 2.58 bits per heavy atom. The van der Waals surface area contributed by atoms with E-state index in [1.165, 1.54) is 0 Å². The second kappa shape index (κ2) is 8.53. The molecule has 0 radical (unpaired) electrons. The number of amides is 1. The number of nitrogens with one attached hydrogen (secondary N) is 2. The van der Waals surface area contributed by atoms with Crippen molar-refractivity contribution in [1.82, 2.24) is 10.6 Å². The largest absolute Gasteiger partial charge is 0.483 e. The molecule has 0 unspecified atom stereocenters. The second-order valence-corrected chi connectivity index (χ2v) is 4.51. The molecule has 0 atom stereocenters. The first kappa shape index (κ1) is 15.5. The van der Waals surface area contributed by atoms with Gasteiger partial charge in [0.25, 0.3) is 5.91 Å². The third kappa shape index (κ3) is 5.30. The Kier molecular flexibility index (Phi) is 6.97. The predicted molar refractivity (Wildman–Crippen MR) is 77.2 cm³/mol. The van der Waals surface area contributed by atoms with Crippen molar-refractivity contribution in [3.63, 3.8) is 0 Å². The van der Waals surface area contributed by atoms with Gasteiger partial charge in [-0.15, -0.1) is 0 Å². The molecule has 0 spiro atoms. The molecule has 1 rings (SSSR count). The van der Waals surface area contributed by atoms with E-state index in [-0.39, 0.29) is 18.6 Å². The summed E-state index contributed by atoms with van der Waals surface area (Å²) >= 11 is 0. The van der Waals surface area contributed by atoms with Crippen molar-refractivity contribution < 1.29 is 9.53 Å². The highest BCUT2D eigenvalue weighted by Gasteiger charge is 2.10. The maximum atomic E-state index is 11.8. The van der Waals surface area contributed by atoms with E-state index in [4.69, 9.17) is 4.74 Å². The Morgan fingerprint density at radius 1 is 1.26 bits per heavy atom. The third-order valence-electron chi connectivity index (χ3n) is 3.05. The van der Waals surface area contributed by atoms with Gasteiger partial charge in [-0.25, -0.2) is 0 Å². The van der Waals surface area contributed by atoms with Crippen LogP contribution >= 0.6 is 0 Å². The Bertz CT molecular complexity index is 389. The average molecular weight is 264 g/mol. The van der Waals surface area contributed by atoms with E-state index in [0.717, 1.165) is 30.7 Å². The summed E-state index contributed by atoms with van der Waals surface area (Å²) in [6.45, 7) is 4.93. The lowest BCUT2D eigenvalue weighted by Crippen LogP contribution is -2.37. The fraction of sp³-hybridized carbons (Fsp3) is 0.533. The first-order valence-electron chi connectivity index (χ1n) is 6.85. The second-order valence-electron chi connectivity index (χ2n) is 4.51. The van der Waals surface area contributed by atoms with Crippen LogP contribution in [0.1, 0.15) is 32.3 Å². The van der Waals surface area contributed by atoms with Gasteiger partial charge in [0, 0.05) is 18.2 Å². The number of carbonyl (C=O) groups excluding carboxylic acids is 1. The van der Waals surface area contributed by atoms with E-state index in [0.29, 0.717) is 0 Å². The van der Waals surface area contributed by atoms with Crippen LogP contribution in [0.3, 0.4) is 0 Å². The molecule has 0 heterocycles. The van der Waals surface area contributed by atoms with Gasteiger partial charge in [0.05, 0.1) is 0 Å². The Morgan fingerprint density at radius 2 is 1.95 bits per heavy atom. The zero-order chi connectivity index (χ0) is 14.1. The van der Waals surface area contributed by atoms with E-state index < -0.39 is 0 Å². The molecule has 0 saturated carbocycles. The van der Waals surface area contributed by atoms with Crippen molar-refractivity contribution in [3.8, 4) is 5.75 Å². The summed E-state index contributed by atoms with van der Waals surface area (Å²) in [6.07, 6.45) is 1.89. The lowest BCUT2D eigenvalue weighted by Gasteiger charge is -2.16. The van der Waals surface area contributed by atoms with Gasteiger partial charge in [0.1, 0.15) is 5.75 Å². The first-order valence-corrected chi connectivity index (χ1v) is 6.85. The molecule has 1 amide bonds. The van der Waals surface area contributed by atoms with Crippen molar-refractivity contribution >= 4 is 5.91 Å². The number of benzene rings is 1. The van der Waals surface area contributed by atoms with Gasteiger partial charge in [-0.05, 0) is 26.0 Å². The number of ether oxygens (including phenoxy) is 1. The lowest BCUT2D eigenvalue weighted by molar-refractivity contribution is -0.123. The minimum atomic E-state index is -0.0621. The SMILES string of the molecule is CCC(CC)NC(=O)COc1ccccc1CNC. The van der Waals surface area contributed by atoms with E-state index in [1.807, 2.05) is 31.3 Å². The van der Waals surface area contributed by atoms with E-state index in [9.17, 15) is 4.79 Å². The molecule has 4 heteroatoms. The Hall–Kier alpha value is -1.55. The zero-order valence-corrected chi connectivity index (χ0v) is 12.0. The number of hydrogen-bond acceptors (Lipinski definition) is 3. The molecule has 0 aliphatic rings. The monoisotopic (exact) mass is 264 g/mol. The summed E-state index contributed by atoms with van der Waals surface area (Å²) in [4.78, 5) is 11.8. The van der Waals surface area contributed by atoms with Gasteiger partial charge >= 0.3 is 0 Å². The Labute approximate surface area is 115 Å². The molecule has 0 saturated heterocycles. The van der Waals surface area contributed by atoms with Crippen LogP contribution in [-0.4, -0.2) is 25.6 Å². The average Bonchev–Trinajstić information content (AvgIpc) is 2.44.